The molecule has 0 unspecified atom stereocenters. The standard InChI is InChI=1S/C21H15ClO4/c22-15-9-14(18-11-25-12-26-20(18)10-15)6-8-19(23)17-7-5-13-3-1-2-4-16(13)21(17)24/h1-10,24H,11-12H2. The quantitative estimate of drug-likeness (QED) is 0.525. The van der Waals surface area contributed by atoms with Crippen molar-refractivity contribution in [3.8, 4) is 11.5 Å². The van der Waals surface area contributed by atoms with Crippen LogP contribution in [0.2, 0.25) is 5.02 Å². The summed E-state index contributed by atoms with van der Waals surface area (Å²) in [7, 11) is 0. The van der Waals surface area contributed by atoms with Gasteiger partial charge in [-0.2, -0.15) is 0 Å². The fraction of sp³-hybridized carbons (Fsp3) is 0.0952. The molecule has 0 saturated carbocycles. The maximum atomic E-state index is 12.6. The SMILES string of the molecule is O=C(C=Cc1cc(Cl)cc2c1COCO2)c1ccc2ccccc2c1O. The van der Waals surface area contributed by atoms with E-state index in [1.807, 2.05) is 24.3 Å². The fourth-order valence-corrected chi connectivity index (χ4v) is 3.24. The second-order valence-corrected chi connectivity index (χ2v) is 6.40. The Bertz CT molecular complexity index is 1040. The summed E-state index contributed by atoms with van der Waals surface area (Å²) in [5.41, 5.74) is 1.84. The van der Waals surface area contributed by atoms with Crippen LogP contribution >= 0.6 is 11.6 Å². The highest BCUT2D eigenvalue weighted by molar-refractivity contribution is 6.31. The van der Waals surface area contributed by atoms with Crippen LogP contribution in [0.4, 0.5) is 0 Å². The van der Waals surface area contributed by atoms with E-state index in [4.69, 9.17) is 21.1 Å². The summed E-state index contributed by atoms with van der Waals surface area (Å²) in [6.45, 7) is 0.571. The number of ether oxygens (including phenoxy) is 2. The van der Waals surface area contributed by atoms with E-state index in [1.165, 1.54) is 6.08 Å². The van der Waals surface area contributed by atoms with Crippen LogP contribution in [0.5, 0.6) is 11.5 Å². The molecule has 4 nitrogen and oxygen atoms in total. The Labute approximate surface area is 155 Å². The second-order valence-electron chi connectivity index (χ2n) is 5.96. The van der Waals surface area contributed by atoms with Crippen LogP contribution < -0.4 is 4.74 Å². The van der Waals surface area contributed by atoms with Crippen molar-refractivity contribution >= 4 is 34.2 Å². The minimum absolute atomic E-state index is 0.0162. The van der Waals surface area contributed by atoms with E-state index in [-0.39, 0.29) is 23.9 Å². The lowest BCUT2D eigenvalue weighted by molar-refractivity contribution is -0.0164. The molecule has 0 radical (unpaired) electrons. The van der Waals surface area contributed by atoms with E-state index in [9.17, 15) is 9.90 Å². The number of phenols is 1. The van der Waals surface area contributed by atoms with Gasteiger partial charge in [-0.3, -0.25) is 4.79 Å². The maximum absolute atomic E-state index is 12.6. The molecule has 5 heteroatoms. The molecule has 1 aliphatic heterocycles. The van der Waals surface area contributed by atoms with Gasteiger partial charge < -0.3 is 14.6 Å². The van der Waals surface area contributed by atoms with Crippen molar-refractivity contribution in [2.24, 2.45) is 0 Å². The Hall–Kier alpha value is -2.82. The summed E-state index contributed by atoms with van der Waals surface area (Å²) in [4.78, 5) is 12.6. The van der Waals surface area contributed by atoms with Gasteiger partial charge in [-0.25, -0.2) is 0 Å². The molecular weight excluding hydrogens is 352 g/mol. The van der Waals surface area contributed by atoms with Crippen molar-refractivity contribution in [1.29, 1.82) is 0 Å². The Balaban J connectivity index is 1.69. The summed E-state index contributed by atoms with van der Waals surface area (Å²) >= 11 is 6.13. The second kappa shape index (κ2) is 6.83. The molecule has 0 fully saturated rings. The fourth-order valence-electron chi connectivity index (χ4n) is 3.02. The number of halogens is 1. The molecule has 0 spiro atoms. The molecule has 0 aromatic heterocycles. The van der Waals surface area contributed by atoms with E-state index in [1.54, 1.807) is 30.3 Å². The summed E-state index contributed by atoms with van der Waals surface area (Å²) in [5, 5.41) is 12.5. The van der Waals surface area contributed by atoms with Crippen molar-refractivity contribution in [3.05, 3.63) is 76.3 Å². The smallest absolute Gasteiger partial charge is 0.189 e. The van der Waals surface area contributed by atoms with Gasteiger partial charge in [0.15, 0.2) is 12.6 Å². The molecular formula is C21H15ClO4. The molecule has 4 rings (SSSR count). The first-order valence-electron chi connectivity index (χ1n) is 8.09. The normalized spacial score (nSPS) is 13.6. The van der Waals surface area contributed by atoms with Crippen LogP contribution in [0.25, 0.3) is 16.8 Å². The van der Waals surface area contributed by atoms with Gasteiger partial charge in [0.25, 0.3) is 0 Å². The number of allylic oxidation sites excluding steroid dienone is 1. The molecule has 0 saturated heterocycles. The van der Waals surface area contributed by atoms with Crippen LogP contribution in [-0.4, -0.2) is 17.7 Å². The van der Waals surface area contributed by atoms with Crippen molar-refractivity contribution in [2.75, 3.05) is 6.79 Å². The Morgan fingerprint density at radius 2 is 2.00 bits per heavy atom. The Morgan fingerprint density at radius 1 is 1.15 bits per heavy atom. The first-order chi connectivity index (χ1) is 12.6. The largest absolute Gasteiger partial charge is 0.507 e. The van der Waals surface area contributed by atoms with Crippen LogP contribution in [-0.2, 0) is 11.3 Å². The summed E-state index contributed by atoms with van der Waals surface area (Å²) in [6, 6.07) is 14.3. The lowest BCUT2D eigenvalue weighted by Crippen LogP contribution is -2.12. The zero-order chi connectivity index (χ0) is 18.1. The minimum Gasteiger partial charge on any atom is -0.507 e. The molecule has 3 aromatic rings. The van der Waals surface area contributed by atoms with Gasteiger partial charge in [-0.15, -0.1) is 0 Å². The van der Waals surface area contributed by atoms with Gasteiger partial charge in [0.1, 0.15) is 11.5 Å². The molecule has 3 aromatic carbocycles. The van der Waals surface area contributed by atoms with Gasteiger partial charge in [0, 0.05) is 16.0 Å². The number of benzene rings is 3. The third kappa shape index (κ3) is 3.05. The van der Waals surface area contributed by atoms with Crippen molar-refractivity contribution in [1.82, 2.24) is 0 Å². The number of aromatic hydroxyl groups is 1. The summed E-state index contributed by atoms with van der Waals surface area (Å²) in [5.74, 6) is 0.349. The lowest BCUT2D eigenvalue weighted by atomic mass is 10.0. The van der Waals surface area contributed by atoms with E-state index in [0.29, 0.717) is 22.8 Å². The predicted octanol–water partition coefficient (Wildman–Crippen LogP) is 4.96. The van der Waals surface area contributed by atoms with Gasteiger partial charge in [0.2, 0.25) is 0 Å². The van der Waals surface area contributed by atoms with Gasteiger partial charge in [-0.05, 0) is 35.2 Å². The monoisotopic (exact) mass is 366 g/mol. The molecule has 0 atom stereocenters. The number of fused-ring (bicyclic) bond motifs is 2. The van der Waals surface area contributed by atoms with Crippen LogP contribution in [0, 0.1) is 0 Å². The number of hydrogen-bond donors (Lipinski definition) is 1. The van der Waals surface area contributed by atoms with Crippen molar-refractivity contribution in [3.63, 3.8) is 0 Å². The van der Waals surface area contributed by atoms with Gasteiger partial charge in [-0.1, -0.05) is 48.0 Å². The van der Waals surface area contributed by atoms with E-state index in [0.717, 1.165) is 16.5 Å². The highest BCUT2D eigenvalue weighted by atomic mass is 35.5. The van der Waals surface area contributed by atoms with E-state index in [2.05, 4.69) is 0 Å². The number of hydrogen-bond acceptors (Lipinski definition) is 4. The molecule has 1 N–H and O–H groups in total. The minimum atomic E-state index is -0.292. The van der Waals surface area contributed by atoms with Gasteiger partial charge >= 0.3 is 0 Å². The number of phenolic OH excluding ortho intramolecular Hbond substituents is 1. The van der Waals surface area contributed by atoms with Crippen LogP contribution in [0.3, 0.4) is 0 Å². The zero-order valence-corrected chi connectivity index (χ0v) is 14.5. The molecule has 130 valence electrons. The number of ketones is 1. The number of carbonyl (C=O) groups excluding carboxylic acids is 1. The summed E-state index contributed by atoms with van der Waals surface area (Å²) in [6.07, 6.45) is 3.09. The zero-order valence-electron chi connectivity index (χ0n) is 13.7. The number of rotatable bonds is 3. The van der Waals surface area contributed by atoms with Crippen LogP contribution in [0.15, 0.2) is 54.6 Å². The molecule has 1 heterocycles. The average molecular weight is 367 g/mol. The lowest BCUT2D eigenvalue weighted by Gasteiger charge is -2.19. The van der Waals surface area contributed by atoms with Crippen LogP contribution in [0.1, 0.15) is 21.5 Å². The third-order valence-electron chi connectivity index (χ3n) is 4.33. The van der Waals surface area contributed by atoms with Crippen molar-refractivity contribution < 1.29 is 19.4 Å². The maximum Gasteiger partial charge on any atom is 0.189 e. The van der Waals surface area contributed by atoms with E-state index < -0.39 is 0 Å². The Kier molecular flexibility index (Phi) is 4.37. The van der Waals surface area contributed by atoms with Gasteiger partial charge in [0.05, 0.1) is 12.2 Å². The predicted molar refractivity (Wildman–Crippen MR) is 101 cm³/mol. The number of carbonyl (C=O) groups is 1. The molecule has 0 bridgehead atoms. The average Bonchev–Trinajstić information content (AvgIpc) is 2.66. The highest BCUT2D eigenvalue weighted by Gasteiger charge is 2.16. The third-order valence-corrected chi connectivity index (χ3v) is 4.55. The molecule has 26 heavy (non-hydrogen) atoms. The Morgan fingerprint density at radius 3 is 2.88 bits per heavy atom. The van der Waals surface area contributed by atoms with E-state index >= 15 is 0 Å². The first-order valence-corrected chi connectivity index (χ1v) is 8.47. The van der Waals surface area contributed by atoms with Crippen molar-refractivity contribution in [2.45, 2.75) is 6.61 Å². The molecule has 1 aliphatic rings. The first kappa shape index (κ1) is 16.6. The topological polar surface area (TPSA) is 55.8 Å². The molecule has 0 amide bonds. The highest BCUT2D eigenvalue weighted by Crippen LogP contribution is 2.32. The molecule has 0 aliphatic carbocycles. The summed E-state index contributed by atoms with van der Waals surface area (Å²) < 4.78 is 10.7.